The van der Waals surface area contributed by atoms with Crippen molar-refractivity contribution in [3.05, 3.63) is 69.2 Å². The Morgan fingerprint density at radius 2 is 1.94 bits per heavy atom. The smallest absolute Gasteiger partial charge is 0.257 e. The number of rotatable bonds is 5. The summed E-state index contributed by atoms with van der Waals surface area (Å²) in [4.78, 5) is 31.1. The first-order valence-electron chi connectivity index (χ1n) is 9.96. The maximum absolute atomic E-state index is 13.0. The Kier molecular flexibility index (Phi) is 6.25. The van der Waals surface area contributed by atoms with Gasteiger partial charge >= 0.3 is 0 Å². The van der Waals surface area contributed by atoms with E-state index >= 15 is 0 Å². The van der Waals surface area contributed by atoms with Crippen LogP contribution in [-0.4, -0.2) is 23.9 Å². The fourth-order valence-electron chi connectivity index (χ4n) is 3.57. The number of aryl methyl sites for hydroxylation is 2. The molecule has 1 heterocycles. The molecule has 160 valence electrons. The number of fused-ring (bicyclic) bond motifs is 1. The van der Waals surface area contributed by atoms with Crippen LogP contribution in [0.4, 0.5) is 10.8 Å². The van der Waals surface area contributed by atoms with Gasteiger partial charge in [0.2, 0.25) is 5.91 Å². The summed E-state index contributed by atoms with van der Waals surface area (Å²) in [7, 11) is 1.54. The average molecular weight is 456 g/mol. The Balaban J connectivity index is 1.49. The molecule has 3 aromatic rings. The highest BCUT2D eigenvalue weighted by Crippen LogP contribution is 2.38. The molecule has 1 aromatic heterocycles. The number of carbonyl (C=O) groups is 2. The van der Waals surface area contributed by atoms with Gasteiger partial charge in [0.25, 0.3) is 5.91 Å². The van der Waals surface area contributed by atoms with E-state index in [1.807, 2.05) is 19.1 Å². The number of amides is 2. The van der Waals surface area contributed by atoms with Crippen LogP contribution in [0.2, 0.25) is 5.02 Å². The van der Waals surface area contributed by atoms with Crippen molar-refractivity contribution < 1.29 is 14.3 Å². The van der Waals surface area contributed by atoms with E-state index in [0.717, 1.165) is 29.0 Å². The number of hydrogen-bond acceptors (Lipinski definition) is 5. The van der Waals surface area contributed by atoms with Gasteiger partial charge in [0.05, 0.1) is 23.7 Å². The fourth-order valence-corrected chi connectivity index (χ4v) is 4.89. The minimum Gasteiger partial charge on any atom is -0.495 e. The first kappa shape index (κ1) is 21.3. The molecule has 0 saturated carbocycles. The predicted octanol–water partition coefficient (Wildman–Crippen LogP) is 5.42. The van der Waals surface area contributed by atoms with Gasteiger partial charge in [-0.25, -0.2) is 4.98 Å². The van der Waals surface area contributed by atoms with Gasteiger partial charge < -0.3 is 10.1 Å². The number of thiazole rings is 1. The van der Waals surface area contributed by atoms with Crippen molar-refractivity contribution in [3.8, 4) is 5.75 Å². The summed E-state index contributed by atoms with van der Waals surface area (Å²) in [5.74, 6) is -0.164. The number of ether oxygens (including phenoxy) is 1. The van der Waals surface area contributed by atoms with E-state index in [2.05, 4.69) is 15.6 Å². The van der Waals surface area contributed by atoms with Gasteiger partial charge in [-0.1, -0.05) is 29.3 Å². The van der Waals surface area contributed by atoms with Crippen molar-refractivity contribution in [2.45, 2.75) is 32.1 Å². The van der Waals surface area contributed by atoms with Gasteiger partial charge in [-0.2, -0.15) is 0 Å². The van der Waals surface area contributed by atoms with Crippen molar-refractivity contribution in [1.82, 2.24) is 4.98 Å². The van der Waals surface area contributed by atoms with E-state index in [1.54, 1.807) is 37.4 Å². The number of nitrogens with zero attached hydrogens (tertiary/aromatic N) is 1. The molecular weight excluding hydrogens is 434 g/mol. The Morgan fingerprint density at radius 1 is 1.16 bits per heavy atom. The zero-order chi connectivity index (χ0) is 22.0. The Bertz CT molecular complexity index is 1130. The lowest BCUT2D eigenvalue weighted by Gasteiger charge is -2.20. The van der Waals surface area contributed by atoms with Gasteiger partial charge in [0.15, 0.2) is 5.13 Å². The van der Waals surface area contributed by atoms with Gasteiger partial charge in [-0.05, 0) is 56.5 Å². The van der Waals surface area contributed by atoms with E-state index in [9.17, 15) is 9.59 Å². The highest BCUT2D eigenvalue weighted by molar-refractivity contribution is 7.16. The molecule has 0 aliphatic heterocycles. The molecule has 0 spiro atoms. The molecule has 0 radical (unpaired) electrons. The zero-order valence-corrected chi connectivity index (χ0v) is 18.8. The van der Waals surface area contributed by atoms with Crippen LogP contribution in [-0.2, 0) is 11.2 Å². The predicted molar refractivity (Wildman–Crippen MR) is 124 cm³/mol. The van der Waals surface area contributed by atoms with E-state index in [1.165, 1.54) is 11.3 Å². The normalized spacial score (nSPS) is 15.1. The standard InChI is InChI=1S/C23H22ClN3O3S/c1-13-6-8-14(9-7-13)21(28)27-23-26-20-16(4-3-5-19(20)31-23)22(29)25-15-10-11-18(30-2)17(24)12-15/h6-12,16H,3-5H2,1-2H3,(H,25,29)(H,26,27,28). The minimum atomic E-state index is -0.370. The highest BCUT2D eigenvalue weighted by atomic mass is 35.5. The molecule has 0 saturated heterocycles. The second-order valence-electron chi connectivity index (χ2n) is 7.43. The van der Waals surface area contributed by atoms with Crippen molar-refractivity contribution >= 4 is 45.6 Å². The van der Waals surface area contributed by atoms with E-state index in [-0.39, 0.29) is 17.7 Å². The number of methoxy groups -OCH3 is 1. The molecule has 6 nitrogen and oxygen atoms in total. The van der Waals surface area contributed by atoms with Crippen LogP contribution < -0.4 is 15.4 Å². The van der Waals surface area contributed by atoms with Crippen LogP contribution in [0.3, 0.4) is 0 Å². The molecule has 8 heteroatoms. The van der Waals surface area contributed by atoms with Crippen molar-refractivity contribution in [1.29, 1.82) is 0 Å². The lowest BCUT2D eigenvalue weighted by Crippen LogP contribution is -2.24. The number of benzene rings is 2. The minimum absolute atomic E-state index is 0.135. The third kappa shape index (κ3) is 4.73. The monoisotopic (exact) mass is 455 g/mol. The third-order valence-electron chi connectivity index (χ3n) is 5.22. The summed E-state index contributed by atoms with van der Waals surface area (Å²) in [5, 5.41) is 6.74. The zero-order valence-electron chi connectivity index (χ0n) is 17.2. The maximum Gasteiger partial charge on any atom is 0.257 e. The summed E-state index contributed by atoms with van der Waals surface area (Å²) in [5.41, 5.74) is 3.01. The van der Waals surface area contributed by atoms with Crippen LogP contribution in [0, 0.1) is 6.92 Å². The number of hydrogen-bond donors (Lipinski definition) is 2. The van der Waals surface area contributed by atoms with Crippen molar-refractivity contribution in [2.75, 3.05) is 17.7 Å². The first-order chi connectivity index (χ1) is 14.9. The molecule has 1 aliphatic carbocycles. The first-order valence-corrected chi connectivity index (χ1v) is 11.2. The molecule has 2 amide bonds. The molecule has 2 N–H and O–H groups in total. The Morgan fingerprint density at radius 3 is 2.65 bits per heavy atom. The average Bonchev–Trinajstić information content (AvgIpc) is 3.16. The van der Waals surface area contributed by atoms with Gasteiger partial charge in [-0.15, -0.1) is 11.3 Å². The van der Waals surface area contributed by atoms with Crippen LogP contribution in [0.1, 0.15) is 45.3 Å². The van der Waals surface area contributed by atoms with Crippen LogP contribution in [0.5, 0.6) is 5.75 Å². The maximum atomic E-state index is 13.0. The Hall–Kier alpha value is -2.90. The molecule has 1 aliphatic rings. The lowest BCUT2D eigenvalue weighted by atomic mass is 9.90. The number of halogens is 1. The summed E-state index contributed by atoms with van der Waals surface area (Å²) >= 11 is 7.60. The fraction of sp³-hybridized carbons (Fsp3) is 0.261. The van der Waals surface area contributed by atoms with Crippen LogP contribution in [0.25, 0.3) is 0 Å². The molecule has 4 rings (SSSR count). The summed E-state index contributed by atoms with van der Waals surface area (Å²) in [6.45, 7) is 1.97. The lowest BCUT2D eigenvalue weighted by molar-refractivity contribution is -0.117. The number of aromatic nitrogens is 1. The van der Waals surface area contributed by atoms with E-state index in [0.29, 0.717) is 33.6 Å². The molecular formula is C23H22ClN3O3S. The van der Waals surface area contributed by atoms with Crippen LogP contribution >= 0.6 is 22.9 Å². The van der Waals surface area contributed by atoms with Gasteiger partial charge in [-0.3, -0.25) is 14.9 Å². The van der Waals surface area contributed by atoms with E-state index < -0.39 is 0 Å². The molecule has 1 atom stereocenters. The summed E-state index contributed by atoms with van der Waals surface area (Å²) < 4.78 is 5.15. The van der Waals surface area contributed by atoms with Gasteiger partial charge in [0.1, 0.15) is 5.75 Å². The van der Waals surface area contributed by atoms with E-state index in [4.69, 9.17) is 16.3 Å². The number of anilines is 2. The highest BCUT2D eigenvalue weighted by Gasteiger charge is 2.30. The molecule has 0 fully saturated rings. The second-order valence-corrected chi connectivity index (χ2v) is 8.92. The van der Waals surface area contributed by atoms with Crippen molar-refractivity contribution in [3.63, 3.8) is 0 Å². The molecule has 1 unspecified atom stereocenters. The molecule has 31 heavy (non-hydrogen) atoms. The number of nitrogens with one attached hydrogen (secondary N) is 2. The molecule has 0 bridgehead atoms. The quantitative estimate of drug-likeness (QED) is 0.538. The largest absolute Gasteiger partial charge is 0.495 e. The number of carbonyl (C=O) groups excluding carboxylic acids is 2. The van der Waals surface area contributed by atoms with Gasteiger partial charge in [0, 0.05) is 16.1 Å². The summed E-state index contributed by atoms with van der Waals surface area (Å²) in [6.07, 6.45) is 2.45. The SMILES string of the molecule is COc1ccc(NC(=O)C2CCCc3sc(NC(=O)c4ccc(C)cc4)nc32)cc1Cl. The molecule has 2 aromatic carbocycles. The van der Waals surface area contributed by atoms with Crippen LogP contribution in [0.15, 0.2) is 42.5 Å². The van der Waals surface area contributed by atoms with Crippen molar-refractivity contribution in [2.24, 2.45) is 0 Å². The second kappa shape index (κ2) is 9.08. The topological polar surface area (TPSA) is 80.3 Å². The summed E-state index contributed by atoms with van der Waals surface area (Å²) in [6, 6.07) is 12.5. The third-order valence-corrected chi connectivity index (χ3v) is 6.57. The Labute approximate surface area is 189 Å².